The quantitative estimate of drug-likeness (QED) is 0.844. The predicted molar refractivity (Wildman–Crippen MR) is 60.5 cm³/mol. The Morgan fingerprint density at radius 2 is 2.19 bits per heavy atom. The number of hydrogen-bond donors (Lipinski definition) is 1. The first-order valence-electron chi connectivity index (χ1n) is 4.59. The van der Waals surface area contributed by atoms with Gasteiger partial charge in [-0.2, -0.15) is 11.8 Å². The SMILES string of the molecule is CSCc1ccc(C(=O)N(C)CC(=O)O)o1. The first kappa shape index (κ1) is 12.6. The molecular weight excluding hydrogens is 230 g/mol. The maximum atomic E-state index is 11.7. The summed E-state index contributed by atoms with van der Waals surface area (Å²) in [4.78, 5) is 23.2. The van der Waals surface area contributed by atoms with E-state index < -0.39 is 11.9 Å². The summed E-state index contributed by atoms with van der Waals surface area (Å²) >= 11 is 1.59. The van der Waals surface area contributed by atoms with Crippen LogP contribution in [0.5, 0.6) is 0 Å². The topological polar surface area (TPSA) is 70.8 Å². The third-order valence-corrected chi connectivity index (χ3v) is 2.45. The molecule has 0 saturated heterocycles. The fourth-order valence-electron chi connectivity index (χ4n) is 1.18. The number of thioether (sulfide) groups is 1. The molecule has 1 N–H and O–H groups in total. The number of amides is 1. The Balaban J connectivity index is 2.68. The second-order valence-corrected chi connectivity index (χ2v) is 4.12. The number of furan rings is 1. The largest absolute Gasteiger partial charge is 0.480 e. The summed E-state index contributed by atoms with van der Waals surface area (Å²) in [6, 6.07) is 3.28. The molecule has 0 aliphatic carbocycles. The minimum Gasteiger partial charge on any atom is -0.480 e. The highest BCUT2D eigenvalue weighted by Gasteiger charge is 2.17. The Hall–Kier alpha value is -1.43. The van der Waals surface area contributed by atoms with Crippen molar-refractivity contribution in [3.8, 4) is 0 Å². The standard InChI is InChI=1S/C10H13NO4S/c1-11(5-9(12)13)10(14)8-4-3-7(15-8)6-16-2/h3-4H,5-6H2,1-2H3,(H,12,13). The van der Waals surface area contributed by atoms with Crippen LogP contribution in [0.1, 0.15) is 16.3 Å². The highest BCUT2D eigenvalue weighted by Crippen LogP contribution is 2.14. The van der Waals surface area contributed by atoms with Gasteiger partial charge in [0.05, 0.1) is 5.75 Å². The molecule has 0 aliphatic rings. The Bertz CT molecular complexity index is 388. The molecule has 0 spiro atoms. The van der Waals surface area contributed by atoms with E-state index in [-0.39, 0.29) is 12.3 Å². The number of hydrogen-bond acceptors (Lipinski definition) is 4. The molecule has 0 bridgehead atoms. The number of likely N-dealkylation sites (N-methyl/N-ethyl adjacent to an activating group) is 1. The minimum absolute atomic E-state index is 0.174. The molecule has 88 valence electrons. The lowest BCUT2D eigenvalue weighted by atomic mass is 10.4. The van der Waals surface area contributed by atoms with Crippen molar-refractivity contribution in [3.05, 3.63) is 23.7 Å². The fraction of sp³-hybridized carbons (Fsp3) is 0.400. The number of rotatable bonds is 5. The van der Waals surface area contributed by atoms with Gasteiger partial charge in [0.25, 0.3) is 5.91 Å². The molecule has 0 radical (unpaired) electrons. The van der Waals surface area contributed by atoms with Crippen molar-refractivity contribution >= 4 is 23.6 Å². The normalized spacial score (nSPS) is 10.1. The van der Waals surface area contributed by atoms with Crippen LogP contribution in [0.4, 0.5) is 0 Å². The van der Waals surface area contributed by atoms with Crippen LogP contribution in [-0.4, -0.2) is 41.7 Å². The van der Waals surface area contributed by atoms with Crippen LogP contribution in [0.3, 0.4) is 0 Å². The summed E-state index contributed by atoms with van der Waals surface area (Å²) in [6.45, 7) is -0.336. The molecule has 1 aromatic rings. The number of carbonyl (C=O) groups excluding carboxylic acids is 1. The van der Waals surface area contributed by atoms with Crippen LogP contribution in [0.2, 0.25) is 0 Å². The summed E-state index contributed by atoms with van der Waals surface area (Å²) in [5.41, 5.74) is 0. The zero-order valence-electron chi connectivity index (χ0n) is 9.10. The number of carbonyl (C=O) groups is 2. The molecule has 0 unspecified atom stereocenters. The molecule has 0 aromatic carbocycles. The van der Waals surface area contributed by atoms with Crippen molar-refractivity contribution in [1.29, 1.82) is 0 Å². The molecule has 0 fully saturated rings. The molecule has 0 saturated carbocycles. The Morgan fingerprint density at radius 1 is 1.50 bits per heavy atom. The molecule has 6 heteroatoms. The Kier molecular flexibility index (Phi) is 4.42. The zero-order valence-corrected chi connectivity index (χ0v) is 9.91. The van der Waals surface area contributed by atoms with Gasteiger partial charge in [-0.3, -0.25) is 9.59 Å². The van der Waals surface area contributed by atoms with Crippen molar-refractivity contribution in [2.75, 3.05) is 19.8 Å². The van der Waals surface area contributed by atoms with Gasteiger partial charge >= 0.3 is 5.97 Å². The van der Waals surface area contributed by atoms with Gasteiger partial charge in [-0.1, -0.05) is 0 Å². The molecule has 1 aromatic heterocycles. The van der Waals surface area contributed by atoms with E-state index >= 15 is 0 Å². The molecule has 16 heavy (non-hydrogen) atoms. The molecule has 1 amide bonds. The third-order valence-electron chi connectivity index (χ3n) is 1.88. The second kappa shape index (κ2) is 5.60. The Morgan fingerprint density at radius 3 is 2.75 bits per heavy atom. The summed E-state index contributed by atoms with van der Waals surface area (Å²) in [5.74, 6) is 0.101. The van der Waals surface area contributed by atoms with E-state index in [9.17, 15) is 9.59 Å². The van der Waals surface area contributed by atoms with Gasteiger partial charge in [0, 0.05) is 7.05 Å². The lowest BCUT2D eigenvalue weighted by Gasteiger charge is -2.12. The van der Waals surface area contributed by atoms with Crippen molar-refractivity contribution in [2.24, 2.45) is 0 Å². The summed E-state index contributed by atoms with van der Waals surface area (Å²) in [6.07, 6.45) is 1.93. The predicted octanol–water partition coefficient (Wildman–Crippen LogP) is 1.30. The number of carboxylic acid groups (broad SMARTS) is 1. The van der Waals surface area contributed by atoms with Gasteiger partial charge in [-0.15, -0.1) is 0 Å². The number of aliphatic carboxylic acids is 1. The van der Waals surface area contributed by atoms with E-state index in [1.54, 1.807) is 23.9 Å². The third kappa shape index (κ3) is 3.30. The van der Waals surface area contributed by atoms with Crippen LogP contribution in [0.15, 0.2) is 16.5 Å². The molecule has 1 heterocycles. The lowest BCUT2D eigenvalue weighted by molar-refractivity contribution is -0.137. The molecular formula is C10H13NO4S. The van der Waals surface area contributed by atoms with E-state index in [0.29, 0.717) is 11.5 Å². The van der Waals surface area contributed by atoms with Crippen LogP contribution in [0.25, 0.3) is 0 Å². The van der Waals surface area contributed by atoms with Gasteiger partial charge in [0.2, 0.25) is 0 Å². The fourth-order valence-corrected chi connectivity index (χ4v) is 1.62. The number of carboxylic acids is 1. The maximum Gasteiger partial charge on any atom is 0.323 e. The molecule has 0 aliphatic heterocycles. The van der Waals surface area contributed by atoms with Crippen LogP contribution in [-0.2, 0) is 10.5 Å². The first-order chi connectivity index (χ1) is 7.54. The highest BCUT2D eigenvalue weighted by atomic mass is 32.2. The molecule has 5 nitrogen and oxygen atoms in total. The van der Waals surface area contributed by atoms with E-state index in [2.05, 4.69) is 0 Å². The van der Waals surface area contributed by atoms with E-state index in [1.165, 1.54) is 7.05 Å². The van der Waals surface area contributed by atoms with Gasteiger partial charge in [0.15, 0.2) is 5.76 Å². The molecule has 0 atom stereocenters. The average Bonchev–Trinajstić information content (AvgIpc) is 2.64. The van der Waals surface area contributed by atoms with E-state index in [0.717, 1.165) is 4.90 Å². The first-order valence-corrected chi connectivity index (χ1v) is 5.99. The van der Waals surface area contributed by atoms with E-state index in [4.69, 9.17) is 9.52 Å². The Labute approximate surface area is 97.4 Å². The highest BCUT2D eigenvalue weighted by molar-refractivity contribution is 7.97. The van der Waals surface area contributed by atoms with Crippen LogP contribution in [0, 0.1) is 0 Å². The van der Waals surface area contributed by atoms with E-state index in [1.807, 2.05) is 6.26 Å². The van der Waals surface area contributed by atoms with Crippen molar-refractivity contribution in [1.82, 2.24) is 4.90 Å². The van der Waals surface area contributed by atoms with Crippen molar-refractivity contribution < 1.29 is 19.1 Å². The zero-order chi connectivity index (χ0) is 12.1. The summed E-state index contributed by atoms with van der Waals surface area (Å²) in [7, 11) is 1.42. The van der Waals surface area contributed by atoms with Crippen LogP contribution < -0.4 is 0 Å². The van der Waals surface area contributed by atoms with Gasteiger partial charge in [-0.25, -0.2) is 0 Å². The smallest absolute Gasteiger partial charge is 0.323 e. The van der Waals surface area contributed by atoms with Crippen LogP contribution >= 0.6 is 11.8 Å². The monoisotopic (exact) mass is 243 g/mol. The lowest BCUT2D eigenvalue weighted by Crippen LogP contribution is -2.31. The number of nitrogens with zero attached hydrogens (tertiary/aromatic N) is 1. The van der Waals surface area contributed by atoms with Crippen molar-refractivity contribution in [3.63, 3.8) is 0 Å². The molecule has 1 rings (SSSR count). The summed E-state index contributed by atoms with van der Waals surface area (Å²) < 4.78 is 5.28. The minimum atomic E-state index is -1.05. The maximum absolute atomic E-state index is 11.7. The van der Waals surface area contributed by atoms with Crippen molar-refractivity contribution in [2.45, 2.75) is 5.75 Å². The summed E-state index contributed by atoms with van der Waals surface area (Å²) in [5, 5.41) is 8.54. The second-order valence-electron chi connectivity index (χ2n) is 3.25. The van der Waals surface area contributed by atoms with Gasteiger partial charge < -0.3 is 14.4 Å². The van der Waals surface area contributed by atoms with Gasteiger partial charge in [0.1, 0.15) is 12.3 Å². The average molecular weight is 243 g/mol. The van der Waals surface area contributed by atoms with Gasteiger partial charge in [-0.05, 0) is 18.4 Å².